The van der Waals surface area contributed by atoms with Gasteiger partial charge in [-0.3, -0.25) is 9.45 Å². The molecule has 230 valence electrons. The molecule has 0 saturated heterocycles. The minimum absolute atomic E-state index is 0.295. The Balaban J connectivity index is 0.000000231. The van der Waals surface area contributed by atoms with Crippen LogP contribution < -0.4 is 10.2 Å². The van der Waals surface area contributed by atoms with E-state index in [0.29, 0.717) is 0 Å². The summed E-state index contributed by atoms with van der Waals surface area (Å²) in [4.78, 5) is 16.5. The lowest BCUT2D eigenvalue weighted by Crippen LogP contribution is -2.34. The van der Waals surface area contributed by atoms with E-state index in [4.69, 9.17) is 17.7 Å². The number of nitrogens with zero attached hydrogens (tertiary/aromatic N) is 2. The van der Waals surface area contributed by atoms with Crippen LogP contribution in [0.1, 0.15) is 51.7 Å². The summed E-state index contributed by atoms with van der Waals surface area (Å²) in [6, 6.07) is 17.0. The SMILES string of the molecule is CC1=C(N(C)C(=O)OC(C)(C)C)/C(=C/N2CCc3ccccc32)CC1.O=S(=O)(O)C(F)(F)F.c1ccc2c(c1)CCN2. The van der Waals surface area contributed by atoms with Gasteiger partial charge in [0.25, 0.3) is 0 Å². The molecule has 0 spiro atoms. The Morgan fingerprint density at radius 1 is 1.00 bits per heavy atom. The number of amides is 1. The third-order valence-corrected chi connectivity index (χ3v) is 7.32. The summed E-state index contributed by atoms with van der Waals surface area (Å²) in [7, 11) is -4.03. The molecule has 0 unspecified atom stereocenters. The first-order chi connectivity index (χ1) is 19.5. The summed E-state index contributed by atoms with van der Waals surface area (Å²) in [6.45, 7) is 9.89. The highest BCUT2D eigenvalue weighted by molar-refractivity contribution is 7.86. The second kappa shape index (κ2) is 13.2. The number of allylic oxidation sites excluding steroid dienone is 2. The van der Waals surface area contributed by atoms with Gasteiger partial charge >= 0.3 is 21.7 Å². The van der Waals surface area contributed by atoms with E-state index >= 15 is 0 Å². The van der Waals surface area contributed by atoms with Crippen LogP contribution in [0, 0.1) is 0 Å². The van der Waals surface area contributed by atoms with Crippen molar-refractivity contribution in [3.8, 4) is 0 Å². The number of rotatable bonds is 2. The largest absolute Gasteiger partial charge is 0.522 e. The fourth-order valence-corrected chi connectivity index (χ4v) is 4.81. The first-order valence-electron chi connectivity index (χ1n) is 13.6. The van der Waals surface area contributed by atoms with Crippen molar-refractivity contribution in [2.24, 2.45) is 0 Å². The number of anilines is 2. The predicted molar refractivity (Wildman–Crippen MR) is 158 cm³/mol. The number of halogens is 3. The molecule has 2 aliphatic heterocycles. The van der Waals surface area contributed by atoms with E-state index in [2.05, 4.69) is 71.9 Å². The molecular formula is C30H38F3N3O5S. The molecule has 1 amide bonds. The van der Waals surface area contributed by atoms with E-state index in [1.54, 1.807) is 4.90 Å². The lowest BCUT2D eigenvalue weighted by molar-refractivity contribution is -0.0510. The van der Waals surface area contributed by atoms with Gasteiger partial charge in [0.05, 0.1) is 5.70 Å². The number of benzene rings is 2. The molecule has 0 aromatic heterocycles. The Bertz CT molecular complexity index is 1420. The zero-order valence-electron chi connectivity index (χ0n) is 24.5. The minimum Gasteiger partial charge on any atom is -0.443 e. The first kappa shape index (κ1) is 33.0. The second-order valence-electron chi connectivity index (χ2n) is 11.1. The molecule has 12 heteroatoms. The number of carbonyl (C=O) groups excluding carboxylic acids is 1. The van der Waals surface area contributed by atoms with Crippen LogP contribution in [0.25, 0.3) is 0 Å². The van der Waals surface area contributed by atoms with E-state index in [-0.39, 0.29) is 6.09 Å². The first-order valence-corrected chi connectivity index (χ1v) is 15.0. The molecule has 8 nitrogen and oxygen atoms in total. The number of hydrogen-bond donors (Lipinski definition) is 2. The van der Waals surface area contributed by atoms with Crippen molar-refractivity contribution in [1.82, 2.24) is 4.90 Å². The van der Waals surface area contributed by atoms with E-state index in [1.165, 1.54) is 40.1 Å². The summed E-state index contributed by atoms with van der Waals surface area (Å²) in [5, 5.41) is 3.30. The average molecular weight is 610 g/mol. The van der Waals surface area contributed by atoms with Gasteiger partial charge in [0.1, 0.15) is 5.60 Å². The van der Waals surface area contributed by atoms with Crippen molar-refractivity contribution in [1.29, 1.82) is 0 Å². The van der Waals surface area contributed by atoms with Crippen LogP contribution in [0.4, 0.5) is 29.3 Å². The minimum atomic E-state index is -5.84. The van der Waals surface area contributed by atoms with E-state index < -0.39 is 21.2 Å². The number of hydrogen-bond acceptors (Lipinski definition) is 6. The normalized spacial score (nSPS) is 17.0. The topological polar surface area (TPSA) is 99.2 Å². The van der Waals surface area contributed by atoms with Crippen molar-refractivity contribution in [3.63, 3.8) is 0 Å². The quantitative estimate of drug-likeness (QED) is 0.282. The van der Waals surface area contributed by atoms with Crippen LogP contribution in [0.15, 0.2) is 71.6 Å². The van der Waals surface area contributed by atoms with Crippen molar-refractivity contribution in [3.05, 3.63) is 82.7 Å². The molecule has 5 rings (SSSR count). The summed E-state index contributed by atoms with van der Waals surface area (Å²) in [5.74, 6) is 0. The Kier molecular flexibility index (Phi) is 10.4. The maximum atomic E-state index is 12.5. The smallest absolute Gasteiger partial charge is 0.443 e. The molecular weight excluding hydrogens is 571 g/mol. The molecule has 0 saturated carbocycles. The molecule has 2 heterocycles. The molecule has 0 atom stereocenters. The third kappa shape index (κ3) is 8.75. The predicted octanol–water partition coefficient (Wildman–Crippen LogP) is 6.92. The van der Waals surface area contributed by atoms with Crippen molar-refractivity contribution in [2.45, 2.75) is 64.5 Å². The highest BCUT2D eigenvalue weighted by atomic mass is 32.2. The molecule has 0 fully saturated rings. The summed E-state index contributed by atoms with van der Waals surface area (Å²) in [6.07, 6.45) is 6.14. The number of likely N-dealkylation sites (N-methyl/N-ethyl adjacent to an activating group) is 1. The third-order valence-electron chi connectivity index (χ3n) is 6.73. The lowest BCUT2D eigenvalue weighted by atomic mass is 10.1. The highest BCUT2D eigenvalue weighted by Crippen LogP contribution is 2.36. The lowest BCUT2D eigenvalue weighted by Gasteiger charge is -2.27. The van der Waals surface area contributed by atoms with E-state index in [9.17, 15) is 18.0 Å². The van der Waals surface area contributed by atoms with Gasteiger partial charge < -0.3 is 15.0 Å². The summed E-state index contributed by atoms with van der Waals surface area (Å²) < 4.78 is 63.1. The van der Waals surface area contributed by atoms with Crippen molar-refractivity contribution in [2.75, 3.05) is 30.4 Å². The van der Waals surface area contributed by atoms with Crippen LogP contribution in [-0.4, -0.2) is 55.2 Å². The van der Waals surface area contributed by atoms with E-state index in [0.717, 1.165) is 38.0 Å². The maximum absolute atomic E-state index is 12.5. The molecule has 0 radical (unpaired) electrons. The number of nitrogens with one attached hydrogen (secondary N) is 1. The van der Waals surface area contributed by atoms with Gasteiger partial charge in [0.15, 0.2) is 0 Å². The molecule has 42 heavy (non-hydrogen) atoms. The maximum Gasteiger partial charge on any atom is 0.522 e. The van der Waals surface area contributed by atoms with Gasteiger partial charge in [-0.2, -0.15) is 21.6 Å². The number of ether oxygens (including phenoxy) is 1. The van der Waals surface area contributed by atoms with Gasteiger partial charge in [-0.15, -0.1) is 0 Å². The second-order valence-corrected chi connectivity index (χ2v) is 12.6. The molecule has 2 aromatic carbocycles. The summed E-state index contributed by atoms with van der Waals surface area (Å²) >= 11 is 0. The zero-order chi connectivity index (χ0) is 31.3. The van der Waals surface area contributed by atoms with Gasteiger partial charge in [0, 0.05) is 37.7 Å². The molecule has 1 aliphatic carbocycles. The van der Waals surface area contributed by atoms with Gasteiger partial charge in [-0.05, 0) is 87.8 Å². The number of alkyl halides is 3. The number of carbonyl (C=O) groups is 1. The summed E-state index contributed by atoms with van der Waals surface area (Å²) in [5.41, 5.74) is 2.88. The Morgan fingerprint density at radius 2 is 1.60 bits per heavy atom. The zero-order valence-corrected chi connectivity index (χ0v) is 25.3. The van der Waals surface area contributed by atoms with Gasteiger partial charge in [0.2, 0.25) is 0 Å². The Labute approximate surface area is 245 Å². The monoisotopic (exact) mass is 609 g/mol. The Hall–Kier alpha value is -3.51. The molecule has 0 bridgehead atoms. The van der Waals surface area contributed by atoms with Crippen LogP contribution in [0.3, 0.4) is 0 Å². The number of fused-ring (bicyclic) bond motifs is 2. The molecule has 2 aromatic rings. The average Bonchev–Trinajstić information content (AvgIpc) is 3.61. The molecule has 2 N–H and O–H groups in total. The van der Waals surface area contributed by atoms with Crippen molar-refractivity contribution < 1.29 is 35.7 Å². The van der Waals surface area contributed by atoms with Crippen LogP contribution in [0.2, 0.25) is 0 Å². The number of para-hydroxylation sites is 2. The molecule has 3 aliphatic rings. The van der Waals surface area contributed by atoms with Gasteiger partial charge in [-0.1, -0.05) is 36.4 Å². The Morgan fingerprint density at radius 3 is 2.19 bits per heavy atom. The van der Waals surface area contributed by atoms with Crippen molar-refractivity contribution >= 4 is 27.6 Å². The van der Waals surface area contributed by atoms with Crippen LogP contribution >= 0.6 is 0 Å². The fraction of sp³-hybridized carbons (Fsp3) is 0.433. The van der Waals surface area contributed by atoms with E-state index in [1.807, 2.05) is 27.8 Å². The van der Waals surface area contributed by atoms with Crippen LogP contribution in [0.5, 0.6) is 0 Å². The highest BCUT2D eigenvalue weighted by Gasteiger charge is 2.44. The van der Waals surface area contributed by atoms with Crippen LogP contribution in [-0.2, 0) is 27.7 Å². The fourth-order valence-electron chi connectivity index (χ4n) is 4.81. The van der Waals surface area contributed by atoms with Gasteiger partial charge in [-0.25, -0.2) is 4.79 Å². The standard InChI is InChI=1S/C21H28N2O2.C8H9N.CHF3O3S/c1-15-10-11-17(19(15)22(5)20(24)25-21(2,3)4)14-23-13-12-16-8-6-7-9-18(16)23;1-2-4-8-7(3-1)5-6-9-8;2-1(3,4)8(5,6)7/h6-9,14H,10-13H2,1-5H3;1-4,9H,5-6H2;(H,5,6,7)/b17-14+;;.